The number of rotatable bonds is 2. The lowest BCUT2D eigenvalue weighted by Crippen LogP contribution is -2.26. The van der Waals surface area contributed by atoms with Crippen LogP contribution in [0.2, 0.25) is 0 Å². The minimum absolute atomic E-state index is 0.0299. The molecule has 90 valence electrons. The molecule has 0 saturated carbocycles. The van der Waals surface area contributed by atoms with Crippen LogP contribution in [0.1, 0.15) is 17.5 Å². The maximum absolute atomic E-state index is 11.9. The van der Waals surface area contributed by atoms with Crippen LogP contribution < -0.4 is 4.90 Å². The van der Waals surface area contributed by atoms with Crippen molar-refractivity contribution in [2.45, 2.75) is 20.3 Å². The molecule has 1 saturated heterocycles. The molecule has 2 rings (SSSR count). The first-order valence-corrected chi connectivity index (χ1v) is 5.94. The number of halogens is 1. The average Bonchev–Trinajstić information content (AvgIpc) is 2.65. The molecule has 1 aliphatic rings. The largest absolute Gasteiger partial charge is 0.311 e. The van der Waals surface area contributed by atoms with Gasteiger partial charge in [0.25, 0.3) is 0 Å². The van der Waals surface area contributed by atoms with Crippen molar-refractivity contribution in [3.8, 4) is 0 Å². The van der Waals surface area contributed by atoms with Gasteiger partial charge in [0.1, 0.15) is 0 Å². The summed E-state index contributed by atoms with van der Waals surface area (Å²) in [5.74, 6) is -0.401. The highest BCUT2D eigenvalue weighted by Crippen LogP contribution is 2.30. The average molecular weight is 252 g/mol. The van der Waals surface area contributed by atoms with E-state index < -0.39 is 5.24 Å². The Kier molecular flexibility index (Phi) is 3.20. The number of carbonyl (C=O) groups excluding carboxylic acids is 2. The quantitative estimate of drug-likeness (QED) is 0.757. The molecule has 0 bridgehead atoms. The van der Waals surface area contributed by atoms with Crippen molar-refractivity contribution in [2.75, 3.05) is 11.4 Å². The van der Waals surface area contributed by atoms with Crippen LogP contribution in [0.4, 0.5) is 5.69 Å². The smallest absolute Gasteiger partial charge is 0.227 e. The minimum atomic E-state index is -0.425. The third-order valence-electron chi connectivity index (χ3n) is 3.31. The zero-order valence-corrected chi connectivity index (χ0v) is 10.6. The van der Waals surface area contributed by atoms with Crippen molar-refractivity contribution in [3.63, 3.8) is 0 Å². The fourth-order valence-corrected chi connectivity index (χ4v) is 2.27. The van der Waals surface area contributed by atoms with Crippen LogP contribution in [-0.2, 0) is 9.59 Å². The van der Waals surface area contributed by atoms with Crippen LogP contribution in [0.5, 0.6) is 0 Å². The van der Waals surface area contributed by atoms with E-state index in [1.165, 1.54) is 0 Å². The SMILES string of the molecule is Cc1cccc(N2CC(C(=O)Cl)CC2=O)c1C. The fraction of sp³-hybridized carbons (Fsp3) is 0.385. The predicted octanol–water partition coefficient (Wildman–Crippen LogP) is 2.42. The first kappa shape index (κ1) is 12.1. The second kappa shape index (κ2) is 4.49. The topological polar surface area (TPSA) is 37.4 Å². The molecule has 3 nitrogen and oxygen atoms in total. The van der Waals surface area contributed by atoms with E-state index in [0.29, 0.717) is 6.54 Å². The van der Waals surface area contributed by atoms with Crippen LogP contribution >= 0.6 is 11.6 Å². The van der Waals surface area contributed by atoms with E-state index >= 15 is 0 Å². The van der Waals surface area contributed by atoms with Crippen LogP contribution in [0, 0.1) is 19.8 Å². The van der Waals surface area contributed by atoms with E-state index in [-0.39, 0.29) is 18.2 Å². The van der Waals surface area contributed by atoms with Gasteiger partial charge >= 0.3 is 0 Å². The van der Waals surface area contributed by atoms with Gasteiger partial charge in [-0.3, -0.25) is 9.59 Å². The van der Waals surface area contributed by atoms with Crippen molar-refractivity contribution in [1.82, 2.24) is 0 Å². The van der Waals surface area contributed by atoms with E-state index in [0.717, 1.165) is 16.8 Å². The van der Waals surface area contributed by atoms with Gasteiger partial charge in [0.15, 0.2) is 0 Å². The second-order valence-corrected chi connectivity index (χ2v) is 4.80. The Bertz CT molecular complexity index is 484. The molecule has 1 atom stereocenters. The highest BCUT2D eigenvalue weighted by Gasteiger charge is 2.34. The fourth-order valence-electron chi connectivity index (χ4n) is 2.12. The number of aryl methyl sites for hydroxylation is 1. The summed E-state index contributed by atoms with van der Waals surface area (Å²) in [5.41, 5.74) is 3.09. The maximum atomic E-state index is 11.9. The van der Waals surface area contributed by atoms with E-state index in [9.17, 15) is 9.59 Å². The summed E-state index contributed by atoms with van der Waals surface area (Å²) < 4.78 is 0. The Morgan fingerprint density at radius 3 is 2.71 bits per heavy atom. The van der Waals surface area contributed by atoms with E-state index in [2.05, 4.69) is 0 Å². The first-order chi connectivity index (χ1) is 8.00. The minimum Gasteiger partial charge on any atom is -0.311 e. The van der Waals surface area contributed by atoms with Gasteiger partial charge in [0.05, 0.1) is 5.92 Å². The zero-order chi connectivity index (χ0) is 12.6. The molecule has 1 heterocycles. The first-order valence-electron chi connectivity index (χ1n) is 5.56. The summed E-state index contributed by atoms with van der Waals surface area (Å²) in [6.07, 6.45) is 0.218. The van der Waals surface area contributed by atoms with Crippen LogP contribution in [-0.4, -0.2) is 17.7 Å². The number of hydrogen-bond donors (Lipinski definition) is 0. The third-order valence-corrected chi connectivity index (χ3v) is 3.62. The third kappa shape index (κ3) is 2.20. The lowest BCUT2D eigenvalue weighted by Gasteiger charge is -2.19. The summed E-state index contributed by atoms with van der Waals surface area (Å²) in [6.45, 7) is 4.38. The van der Waals surface area contributed by atoms with Gasteiger partial charge < -0.3 is 4.90 Å². The van der Waals surface area contributed by atoms with Gasteiger partial charge in [0, 0.05) is 18.7 Å². The van der Waals surface area contributed by atoms with Crippen LogP contribution in [0.25, 0.3) is 0 Å². The summed E-state index contributed by atoms with van der Waals surface area (Å²) >= 11 is 5.46. The van der Waals surface area contributed by atoms with Crippen molar-refractivity contribution >= 4 is 28.4 Å². The highest BCUT2D eigenvalue weighted by molar-refractivity contribution is 6.64. The molecule has 17 heavy (non-hydrogen) atoms. The van der Waals surface area contributed by atoms with Gasteiger partial charge in [-0.15, -0.1) is 0 Å². The molecule has 0 radical (unpaired) electrons. The van der Waals surface area contributed by atoms with Gasteiger partial charge in [-0.1, -0.05) is 12.1 Å². The monoisotopic (exact) mass is 251 g/mol. The van der Waals surface area contributed by atoms with E-state index in [4.69, 9.17) is 11.6 Å². The van der Waals surface area contributed by atoms with Gasteiger partial charge in [-0.2, -0.15) is 0 Å². The normalized spacial score (nSPS) is 19.8. The summed E-state index contributed by atoms with van der Waals surface area (Å²) in [7, 11) is 0. The zero-order valence-electron chi connectivity index (χ0n) is 9.87. The number of carbonyl (C=O) groups is 2. The molecule has 1 aromatic rings. The standard InChI is InChI=1S/C13H14ClNO2/c1-8-4-3-5-11(9(8)2)15-7-10(13(14)17)6-12(15)16/h3-5,10H,6-7H2,1-2H3. The molecule has 0 spiro atoms. The number of hydrogen-bond acceptors (Lipinski definition) is 2. The summed E-state index contributed by atoms with van der Waals surface area (Å²) in [4.78, 5) is 24.6. The molecule has 4 heteroatoms. The Morgan fingerprint density at radius 1 is 1.41 bits per heavy atom. The summed E-state index contributed by atoms with van der Waals surface area (Å²) in [5, 5.41) is -0.425. The molecule has 0 N–H and O–H groups in total. The van der Waals surface area contributed by atoms with E-state index in [1.807, 2.05) is 32.0 Å². The molecule has 1 aliphatic heterocycles. The Morgan fingerprint density at radius 2 is 2.12 bits per heavy atom. The number of anilines is 1. The maximum Gasteiger partial charge on any atom is 0.227 e. The van der Waals surface area contributed by atoms with Crippen molar-refractivity contribution in [2.24, 2.45) is 5.92 Å². The Balaban J connectivity index is 2.32. The second-order valence-electron chi connectivity index (χ2n) is 4.43. The summed E-state index contributed by atoms with van der Waals surface area (Å²) in [6, 6.07) is 5.83. The van der Waals surface area contributed by atoms with Crippen molar-refractivity contribution in [3.05, 3.63) is 29.3 Å². The Labute approximate surface area is 105 Å². The molecule has 1 amide bonds. The molecule has 1 unspecified atom stereocenters. The van der Waals surface area contributed by atoms with Gasteiger partial charge in [0.2, 0.25) is 11.1 Å². The number of nitrogens with zero attached hydrogens (tertiary/aromatic N) is 1. The molecule has 1 fully saturated rings. The lowest BCUT2D eigenvalue weighted by atomic mass is 10.1. The molecule has 0 aliphatic carbocycles. The van der Waals surface area contributed by atoms with Crippen molar-refractivity contribution in [1.29, 1.82) is 0 Å². The van der Waals surface area contributed by atoms with E-state index in [1.54, 1.807) is 4.90 Å². The van der Waals surface area contributed by atoms with Crippen LogP contribution in [0.15, 0.2) is 18.2 Å². The van der Waals surface area contributed by atoms with Crippen LogP contribution in [0.3, 0.4) is 0 Å². The Hall–Kier alpha value is -1.35. The van der Waals surface area contributed by atoms with Gasteiger partial charge in [-0.25, -0.2) is 0 Å². The number of amides is 1. The molecule has 1 aromatic carbocycles. The number of benzene rings is 1. The van der Waals surface area contributed by atoms with Gasteiger partial charge in [-0.05, 0) is 42.6 Å². The molecular weight excluding hydrogens is 238 g/mol. The highest BCUT2D eigenvalue weighted by atomic mass is 35.5. The van der Waals surface area contributed by atoms with Crippen molar-refractivity contribution < 1.29 is 9.59 Å². The lowest BCUT2D eigenvalue weighted by molar-refractivity contribution is -0.120. The molecular formula is C13H14ClNO2. The predicted molar refractivity (Wildman–Crippen MR) is 67.2 cm³/mol. The molecule has 0 aromatic heterocycles.